The predicted molar refractivity (Wildman–Crippen MR) is 55.2 cm³/mol. The first-order valence-corrected chi connectivity index (χ1v) is 5.19. The molecule has 0 atom stereocenters. The van der Waals surface area contributed by atoms with Gasteiger partial charge in [0, 0.05) is 0 Å². The molecule has 3 nitrogen and oxygen atoms in total. The van der Waals surface area contributed by atoms with Crippen LogP contribution in [-0.4, -0.2) is 18.5 Å². The molecule has 0 amide bonds. The van der Waals surface area contributed by atoms with Gasteiger partial charge in [-0.25, -0.2) is 4.98 Å². The van der Waals surface area contributed by atoms with Gasteiger partial charge in [0.15, 0.2) is 11.5 Å². The summed E-state index contributed by atoms with van der Waals surface area (Å²) < 4.78 is 81.5. The fourth-order valence-corrected chi connectivity index (χ4v) is 1.74. The molecule has 1 aromatic heterocycles. The Labute approximate surface area is 110 Å². The van der Waals surface area contributed by atoms with Gasteiger partial charge < -0.3 is 9.47 Å². The van der Waals surface area contributed by atoms with Crippen LogP contribution in [0.1, 0.15) is 5.56 Å². The van der Waals surface area contributed by atoms with Crippen LogP contribution in [0.4, 0.5) is 26.3 Å². The molecule has 0 saturated carbocycles. The highest BCUT2D eigenvalue weighted by atomic mass is 127. The van der Waals surface area contributed by atoms with Crippen LogP contribution in [0.5, 0.6) is 11.5 Å². The lowest BCUT2D eigenvalue weighted by molar-refractivity contribution is -0.276. The predicted octanol–water partition coefficient (Wildman–Crippen LogP) is 3.61. The molecule has 0 saturated heterocycles. The summed E-state index contributed by atoms with van der Waals surface area (Å²) in [5, 5.41) is 0. The van der Waals surface area contributed by atoms with Gasteiger partial charge in [-0.3, -0.25) is 0 Å². The highest BCUT2D eigenvalue weighted by molar-refractivity contribution is 14.1. The Balaban J connectivity index is 3.43. The van der Waals surface area contributed by atoms with E-state index in [4.69, 9.17) is 0 Å². The number of methoxy groups -OCH3 is 1. The van der Waals surface area contributed by atoms with Crippen LogP contribution in [0.15, 0.2) is 6.20 Å². The van der Waals surface area contributed by atoms with Crippen molar-refractivity contribution >= 4 is 22.6 Å². The Morgan fingerprint density at radius 3 is 2.11 bits per heavy atom. The number of rotatable bonds is 2. The van der Waals surface area contributed by atoms with Crippen molar-refractivity contribution in [1.82, 2.24) is 4.98 Å². The molecule has 0 aliphatic carbocycles. The van der Waals surface area contributed by atoms with Gasteiger partial charge in [-0.05, 0) is 22.6 Å². The summed E-state index contributed by atoms with van der Waals surface area (Å²) in [7, 11) is 0.895. The quantitative estimate of drug-likeness (QED) is 0.442. The summed E-state index contributed by atoms with van der Waals surface area (Å²) in [6, 6.07) is 0. The second-order valence-electron chi connectivity index (χ2n) is 2.87. The van der Waals surface area contributed by atoms with E-state index in [1.807, 2.05) is 0 Å². The van der Waals surface area contributed by atoms with Crippen molar-refractivity contribution < 1.29 is 35.8 Å². The number of hydrogen-bond acceptors (Lipinski definition) is 3. The molecular weight excluding hydrogens is 383 g/mol. The summed E-state index contributed by atoms with van der Waals surface area (Å²) >= 11 is 1.41. The number of pyridine rings is 1. The SMILES string of the molecule is COc1c(I)ncc(OC(F)(F)F)c1C(F)(F)F. The lowest BCUT2D eigenvalue weighted by atomic mass is 10.2. The first-order valence-electron chi connectivity index (χ1n) is 4.11. The van der Waals surface area contributed by atoms with Gasteiger partial charge in [-0.2, -0.15) is 13.2 Å². The Morgan fingerprint density at radius 1 is 1.17 bits per heavy atom. The number of hydrogen-bond donors (Lipinski definition) is 0. The Morgan fingerprint density at radius 2 is 1.72 bits per heavy atom. The monoisotopic (exact) mass is 387 g/mol. The zero-order valence-corrected chi connectivity index (χ0v) is 10.6. The van der Waals surface area contributed by atoms with Crippen molar-refractivity contribution in [1.29, 1.82) is 0 Å². The minimum atomic E-state index is -5.25. The van der Waals surface area contributed by atoms with Crippen LogP contribution in [0.3, 0.4) is 0 Å². The van der Waals surface area contributed by atoms with E-state index in [0.29, 0.717) is 6.20 Å². The summed E-state index contributed by atoms with van der Waals surface area (Å²) in [6.07, 6.45) is -9.96. The highest BCUT2D eigenvalue weighted by Crippen LogP contribution is 2.44. The molecule has 1 heterocycles. The van der Waals surface area contributed by atoms with E-state index in [1.54, 1.807) is 0 Å². The number of aromatic nitrogens is 1. The van der Waals surface area contributed by atoms with Gasteiger partial charge in [-0.1, -0.05) is 0 Å². The lowest BCUT2D eigenvalue weighted by Crippen LogP contribution is -2.21. The van der Waals surface area contributed by atoms with Crippen LogP contribution in [-0.2, 0) is 6.18 Å². The minimum Gasteiger partial charge on any atom is -0.493 e. The number of nitrogens with zero attached hydrogens (tertiary/aromatic N) is 1. The minimum absolute atomic E-state index is 0.225. The maximum absolute atomic E-state index is 12.7. The molecule has 0 bridgehead atoms. The topological polar surface area (TPSA) is 31.4 Å². The normalized spacial score (nSPS) is 12.4. The molecule has 1 aromatic rings. The first kappa shape index (κ1) is 15.1. The van der Waals surface area contributed by atoms with Crippen molar-refractivity contribution in [3.8, 4) is 11.5 Å². The van der Waals surface area contributed by atoms with Crippen LogP contribution >= 0.6 is 22.6 Å². The summed E-state index contributed by atoms with van der Waals surface area (Å²) in [5.74, 6) is -2.27. The van der Waals surface area contributed by atoms with E-state index in [0.717, 1.165) is 7.11 Å². The van der Waals surface area contributed by atoms with Gasteiger partial charge in [0.2, 0.25) is 0 Å². The third kappa shape index (κ3) is 3.53. The van der Waals surface area contributed by atoms with E-state index in [1.165, 1.54) is 22.6 Å². The second-order valence-corrected chi connectivity index (χ2v) is 3.89. The van der Waals surface area contributed by atoms with E-state index < -0.39 is 29.6 Å². The second kappa shape index (κ2) is 4.97. The van der Waals surface area contributed by atoms with E-state index in [2.05, 4.69) is 14.5 Å². The van der Waals surface area contributed by atoms with Crippen LogP contribution < -0.4 is 9.47 Å². The van der Waals surface area contributed by atoms with Crippen LogP contribution in [0.2, 0.25) is 0 Å². The van der Waals surface area contributed by atoms with E-state index >= 15 is 0 Å². The van der Waals surface area contributed by atoms with Crippen LogP contribution in [0, 0.1) is 3.70 Å². The molecule has 102 valence electrons. The zero-order chi connectivity index (χ0) is 14.1. The highest BCUT2D eigenvalue weighted by Gasteiger charge is 2.43. The number of halogens is 7. The van der Waals surface area contributed by atoms with Gasteiger partial charge in [0.1, 0.15) is 9.26 Å². The maximum Gasteiger partial charge on any atom is 0.573 e. The third-order valence-electron chi connectivity index (χ3n) is 1.67. The molecule has 0 N–H and O–H groups in total. The maximum atomic E-state index is 12.7. The number of alkyl halides is 6. The molecule has 0 radical (unpaired) electrons. The van der Waals surface area contributed by atoms with Gasteiger partial charge >= 0.3 is 12.5 Å². The number of ether oxygens (including phenoxy) is 2. The molecule has 0 fully saturated rings. The average Bonchev–Trinajstić information content (AvgIpc) is 2.16. The molecule has 18 heavy (non-hydrogen) atoms. The largest absolute Gasteiger partial charge is 0.573 e. The smallest absolute Gasteiger partial charge is 0.493 e. The van der Waals surface area contributed by atoms with Crippen molar-refractivity contribution in [3.63, 3.8) is 0 Å². The summed E-state index contributed by atoms with van der Waals surface area (Å²) in [6.45, 7) is 0. The van der Waals surface area contributed by atoms with Crippen molar-refractivity contribution in [2.75, 3.05) is 7.11 Å². The molecule has 1 rings (SSSR count). The van der Waals surface area contributed by atoms with E-state index in [-0.39, 0.29) is 3.70 Å². The van der Waals surface area contributed by atoms with Gasteiger partial charge in [0.25, 0.3) is 0 Å². The van der Waals surface area contributed by atoms with Gasteiger partial charge in [0.05, 0.1) is 13.3 Å². The average molecular weight is 387 g/mol. The standard InChI is InChI=1S/C8H4F6INO2/c1-17-5-4(7(9,10)11)3(2-16-6(5)15)18-8(12,13)14/h2H,1H3. The van der Waals surface area contributed by atoms with Gasteiger partial charge in [-0.15, -0.1) is 13.2 Å². The Bertz CT molecular complexity index is 444. The molecule has 10 heteroatoms. The molecule has 0 aliphatic heterocycles. The Hall–Kier alpha value is -0.940. The van der Waals surface area contributed by atoms with Crippen molar-refractivity contribution in [3.05, 3.63) is 15.5 Å². The Kier molecular flexibility index (Phi) is 4.18. The first-order chi connectivity index (χ1) is 8.06. The molecular formula is C8H4F6INO2. The van der Waals surface area contributed by atoms with Crippen LogP contribution in [0.25, 0.3) is 0 Å². The van der Waals surface area contributed by atoms with E-state index in [9.17, 15) is 26.3 Å². The molecule has 0 aromatic carbocycles. The summed E-state index contributed by atoms with van der Waals surface area (Å²) in [4.78, 5) is 3.34. The molecule has 0 spiro atoms. The summed E-state index contributed by atoms with van der Waals surface area (Å²) in [5.41, 5.74) is -1.65. The third-order valence-corrected chi connectivity index (χ3v) is 2.44. The van der Waals surface area contributed by atoms with Crippen molar-refractivity contribution in [2.24, 2.45) is 0 Å². The lowest BCUT2D eigenvalue weighted by Gasteiger charge is -2.18. The zero-order valence-electron chi connectivity index (χ0n) is 8.49. The fraction of sp³-hybridized carbons (Fsp3) is 0.375. The fourth-order valence-electron chi connectivity index (χ4n) is 1.11. The molecule has 0 aliphatic rings. The van der Waals surface area contributed by atoms with Crippen molar-refractivity contribution in [2.45, 2.75) is 12.5 Å². The molecule has 0 unspecified atom stereocenters.